The van der Waals surface area contributed by atoms with Crippen LogP contribution in [0, 0.1) is 10.1 Å². The molecule has 0 atom stereocenters. The van der Waals surface area contributed by atoms with E-state index in [-0.39, 0.29) is 10.6 Å². The summed E-state index contributed by atoms with van der Waals surface area (Å²) in [5.74, 6) is 0.818. The monoisotopic (exact) mass is 429 g/mol. The largest absolute Gasteiger partial charge is 0.356 e. The predicted octanol–water partition coefficient (Wildman–Crippen LogP) is 3.81. The Morgan fingerprint density at radius 1 is 1.27 bits per heavy atom. The van der Waals surface area contributed by atoms with Gasteiger partial charge >= 0.3 is 0 Å². The van der Waals surface area contributed by atoms with E-state index in [1.165, 1.54) is 30.0 Å². The maximum atomic E-state index is 10.8. The Morgan fingerprint density at radius 2 is 2.03 bits per heavy atom. The molecule has 1 aromatic heterocycles. The molecule has 0 saturated carbocycles. The summed E-state index contributed by atoms with van der Waals surface area (Å²) >= 11 is 1.77. The van der Waals surface area contributed by atoms with Gasteiger partial charge in [0.05, 0.1) is 11.5 Å². The summed E-state index contributed by atoms with van der Waals surface area (Å²) in [6, 6.07) is 11.3. The molecule has 0 bridgehead atoms. The summed E-state index contributed by atoms with van der Waals surface area (Å²) in [5.41, 5.74) is 1.06. The van der Waals surface area contributed by atoms with Crippen LogP contribution in [0.4, 0.5) is 5.69 Å². The number of guanidine groups is 1. The Labute approximate surface area is 182 Å². The first-order chi connectivity index (χ1) is 14.6. The highest BCUT2D eigenvalue weighted by atomic mass is 32.1. The summed E-state index contributed by atoms with van der Waals surface area (Å²) in [6.07, 6.45) is 4.39. The van der Waals surface area contributed by atoms with Crippen molar-refractivity contribution in [3.63, 3.8) is 0 Å². The molecule has 2 heterocycles. The number of nitrogens with one attached hydrogen (secondary N) is 2. The van der Waals surface area contributed by atoms with Gasteiger partial charge in [0.15, 0.2) is 5.96 Å². The first-order valence-corrected chi connectivity index (χ1v) is 11.5. The van der Waals surface area contributed by atoms with Crippen LogP contribution in [0.25, 0.3) is 0 Å². The summed E-state index contributed by atoms with van der Waals surface area (Å²) in [6.45, 7) is 6.95. The van der Waals surface area contributed by atoms with E-state index >= 15 is 0 Å². The van der Waals surface area contributed by atoms with Gasteiger partial charge in [-0.15, -0.1) is 11.3 Å². The minimum atomic E-state index is -0.378. The van der Waals surface area contributed by atoms with Crippen molar-refractivity contribution in [3.05, 3.63) is 62.3 Å². The first-order valence-electron chi connectivity index (χ1n) is 10.7. The molecule has 7 nitrogen and oxygen atoms in total. The number of benzene rings is 1. The van der Waals surface area contributed by atoms with Crippen molar-refractivity contribution in [3.8, 4) is 0 Å². The molecule has 3 rings (SSSR count). The molecule has 1 aliphatic rings. The number of aliphatic imine (C=N–C) groups is 1. The Hall–Kier alpha value is -2.45. The van der Waals surface area contributed by atoms with Gasteiger partial charge in [0.2, 0.25) is 0 Å². The van der Waals surface area contributed by atoms with Crippen molar-refractivity contribution in [2.24, 2.45) is 4.99 Å². The van der Waals surface area contributed by atoms with E-state index in [0.717, 1.165) is 50.4 Å². The minimum Gasteiger partial charge on any atom is -0.356 e. The summed E-state index contributed by atoms with van der Waals surface area (Å²) in [4.78, 5) is 19.1. The molecule has 0 unspecified atom stereocenters. The van der Waals surface area contributed by atoms with Crippen LogP contribution in [0.2, 0.25) is 0 Å². The fourth-order valence-corrected chi connectivity index (χ4v) is 4.32. The number of piperidine rings is 1. The van der Waals surface area contributed by atoms with Gasteiger partial charge in [-0.25, -0.2) is 4.99 Å². The number of likely N-dealkylation sites (tertiary alicyclic amines) is 1. The van der Waals surface area contributed by atoms with E-state index < -0.39 is 0 Å². The number of nitrogens with zero attached hydrogens (tertiary/aromatic N) is 3. The van der Waals surface area contributed by atoms with Gasteiger partial charge in [0, 0.05) is 42.7 Å². The van der Waals surface area contributed by atoms with Crippen molar-refractivity contribution in [1.29, 1.82) is 0 Å². The molecule has 0 radical (unpaired) electrons. The van der Waals surface area contributed by atoms with Gasteiger partial charge in [-0.05, 0) is 49.2 Å². The summed E-state index contributed by atoms with van der Waals surface area (Å²) < 4.78 is 0. The normalized spacial score (nSPS) is 15.8. The highest BCUT2D eigenvalue weighted by Gasteiger charge is 2.19. The second-order valence-corrected chi connectivity index (χ2v) is 8.64. The van der Waals surface area contributed by atoms with Crippen molar-refractivity contribution in [1.82, 2.24) is 15.5 Å². The maximum Gasteiger partial charge on any atom is 0.269 e. The fourth-order valence-electron chi connectivity index (χ4n) is 3.62. The van der Waals surface area contributed by atoms with E-state index in [1.54, 1.807) is 23.5 Å². The van der Waals surface area contributed by atoms with Crippen LogP contribution in [0.5, 0.6) is 0 Å². The number of thiophene rings is 1. The molecule has 1 saturated heterocycles. The van der Waals surface area contributed by atoms with Crippen molar-refractivity contribution >= 4 is 23.0 Å². The highest BCUT2D eigenvalue weighted by molar-refractivity contribution is 7.09. The molecule has 8 heteroatoms. The number of hydrogen-bond acceptors (Lipinski definition) is 5. The van der Waals surface area contributed by atoms with E-state index in [2.05, 4.69) is 40.0 Å². The molecule has 0 spiro atoms. The third-order valence-corrected chi connectivity index (χ3v) is 6.22. The standard InChI is InChI=1S/C22H31N5O2S/c1-2-13-26-14-10-19(11-15-26)25-22(23-12-9-21-4-3-16-30-21)24-17-18-5-7-20(8-6-18)27(28)29/h3-8,16,19H,2,9-15,17H2,1H3,(H2,23,24,25). The number of nitro groups is 1. The van der Waals surface area contributed by atoms with E-state index in [4.69, 9.17) is 4.99 Å². The van der Waals surface area contributed by atoms with Gasteiger partial charge in [0.25, 0.3) is 5.69 Å². The van der Waals surface area contributed by atoms with Crippen LogP contribution in [0.3, 0.4) is 0 Å². The SMILES string of the molecule is CCCN1CCC(NC(=NCc2ccc([N+](=O)[O-])cc2)NCCc2cccs2)CC1. The predicted molar refractivity (Wildman–Crippen MR) is 123 cm³/mol. The summed E-state index contributed by atoms with van der Waals surface area (Å²) in [5, 5.41) is 20.0. The molecule has 0 aliphatic carbocycles. The minimum absolute atomic E-state index is 0.106. The molecular weight excluding hydrogens is 398 g/mol. The third kappa shape index (κ3) is 7.11. The Kier molecular flexibility index (Phi) is 8.65. The number of nitro benzene ring substituents is 1. The molecule has 30 heavy (non-hydrogen) atoms. The van der Waals surface area contributed by atoms with Crippen LogP contribution in [-0.4, -0.2) is 48.0 Å². The van der Waals surface area contributed by atoms with Crippen molar-refractivity contribution in [2.75, 3.05) is 26.2 Å². The number of rotatable bonds is 9. The second kappa shape index (κ2) is 11.7. The highest BCUT2D eigenvalue weighted by Crippen LogP contribution is 2.13. The lowest BCUT2D eigenvalue weighted by atomic mass is 10.1. The molecule has 2 aromatic rings. The van der Waals surface area contributed by atoms with Gasteiger partial charge < -0.3 is 15.5 Å². The lowest BCUT2D eigenvalue weighted by Crippen LogP contribution is -2.49. The molecule has 0 amide bonds. The van der Waals surface area contributed by atoms with Gasteiger partial charge in [-0.1, -0.05) is 25.1 Å². The smallest absolute Gasteiger partial charge is 0.269 e. The van der Waals surface area contributed by atoms with Crippen LogP contribution in [0.1, 0.15) is 36.6 Å². The Balaban J connectivity index is 1.57. The zero-order chi connectivity index (χ0) is 21.2. The number of hydrogen-bond donors (Lipinski definition) is 2. The zero-order valence-corrected chi connectivity index (χ0v) is 18.4. The molecular formula is C22H31N5O2S. The molecule has 1 aliphatic heterocycles. The third-order valence-electron chi connectivity index (χ3n) is 5.28. The fraction of sp³-hybridized carbons (Fsp3) is 0.500. The van der Waals surface area contributed by atoms with Crippen LogP contribution in [-0.2, 0) is 13.0 Å². The van der Waals surface area contributed by atoms with E-state index in [0.29, 0.717) is 12.6 Å². The lowest BCUT2D eigenvalue weighted by Gasteiger charge is -2.32. The molecule has 162 valence electrons. The topological polar surface area (TPSA) is 82.8 Å². The maximum absolute atomic E-state index is 10.8. The van der Waals surface area contributed by atoms with Crippen LogP contribution >= 0.6 is 11.3 Å². The van der Waals surface area contributed by atoms with Crippen LogP contribution in [0.15, 0.2) is 46.8 Å². The molecule has 1 aromatic carbocycles. The zero-order valence-electron chi connectivity index (χ0n) is 17.5. The van der Waals surface area contributed by atoms with Gasteiger partial charge in [-0.3, -0.25) is 10.1 Å². The Bertz CT molecular complexity index is 799. The van der Waals surface area contributed by atoms with Crippen molar-refractivity contribution in [2.45, 2.75) is 45.2 Å². The van der Waals surface area contributed by atoms with Crippen LogP contribution < -0.4 is 10.6 Å². The van der Waals surface area contributed by atoms with E-state index in [9.17, 15) is 10.1 Å². The average molecular weight is 430 g/mol. The number of non-ortho nitro benzene ring substituents is 1. The average Bonchev–Trinajstić information content (AvgIpc) is 3.27. The van der Waals surface area contributed by atoms with Gasteiger partial charge in [-0.2, -0.15) is 0 Å². The van der Waals surface area contributed by atoms with Crippen molar-refractivity contribution < 1.29 is 4.92 Å². The summed E-state index contributed by atoms with van der Waals surface area (Å²) in [7, 11) is 0. The van der Waals surface area contributed by atoms with Gasteiger partial charge in [0.1, 0.15) is 0 Å². The quantitative estimate of drug-likeness (QED) is 0.274. The van der Waals surface area contributed by atoms with E-state index in [1.807, 2.05) is 0 Å². The molecule has 2 N–H and O–H groups in total. The second-order valence-electron chi connectivity index (χ2n) is 7.60. The first kappa shape index (κ1) is 22.2. The molecule has 1 fully saturated rings. The lowest BCUT2D eigenvalue weighted by molar-refractivity contribution is -0.384. The Morgan fingerprint density at radius 3 is 2.67 bits per heavy atom.